The lowest BCUT2D eigenvalue weighted by molar-refractivity contribution is 0.101. The first-order valence-electron chi connectivity index (χ1n) is 6.41. The maximum absolute atomic E-state index is 11.3. The van der Waals surface area contributed by atoms with Gasteiger partial charge in [0, 0.05) is 5.56 Å². The summed E-state index contributed by atoms with van der Waals surface area (Å²) < 4.78 is 11.0. The van der Waals surface area contributed by atoms with Crippen molar-refractivity contribution < 1.29 is 14.3 Å². The Morgan fingerprint density at radius 3 is 2.30 bits per heavy atom. The first kappa shape index (κ1) is 13.9. The van der Waals surface area contributed by atoms with E-state index in [1.54, 1.807) is 18.2 Å². The van der Waals surface area contributed by atoms with E-state index in [-0.39, 0.29) is 5.78 Å². The van der Waals surface area contributed by atoms with Crippen molar-refractivity contribution in [1.82, 2.24) is 0 Å². The molecule has 0 amide bonds. The summed E-state index contributed by atoms with van der Waals surface area (Å²) in [5.74, 6) is 1.96. The van der Waals surface area contributed by atoms with Crippen LogP contribution in [0.4, 0.5) is 5.69 Å². The maximum atomic E-state index is 11.3. The molecule has 0 aliphatic rings. The predicted octanol–water partition coefficient (Wildman–Crippen LogP) is 3.66. The molecule has 2 rings (SSSR count). The number of nitrogen functional groups attached to an aromatic ring is 1. The van der Waals surface area contributed by atoms with Crippen molar-refractivity contribution in [1.29, 1.82) is 0 Å². The van der Waals surface area contributed by atoms with E-state index in [1.807, 2.05) is 31.2 Å². The Balaban J connectivity index is 2.15. The average molecular weight is 271 g/mol. The Bertz CT molecular complexity index is 606. The standard InChI is InChI=1S/C16H17NO3/c1-3-19-13-5-7-14(8-6-13)20-16-9-4-12(11(2)18)10-15(16)17/h4-10H,3,17H2,1-2H3. The molecule has 0 bridgehead atoms. The van der Waals surface area contributed by atoms with Gasteiger partial charge < -0.3 is 15.2 Å². The van der Waals surface area contributed by atoms with Gasteiger partial charge in [0.25, 0.3) is 0 Å². The smallest absolute Gasteiger partial charge is 0.159 e. The van der Waals surface area contributed by atoms with E-state index in [0.717, 1.165) is 5.75 Å². The van der Waals surface area contributed by atoms with Gasteiger partial charge in [0.15, 0.2) is 5.78 Å². The number of rotatable bonds is 5. The van der Waals surface area contributed by atoms with Crippen molar-refractivity contribution in [2.75, 3.05) is 12.3 Å². The Hall–Kier alpha value is -2.49. The largest absolute Gasteiger partial charge is 0.494 e. The van der Waals surface area contributed by atoms with Crippen molar-refractivity contribution >= 4 is 11.5 Å². The van der Waals surface area contributed by atoms with Crippen LogP contribution in [0.5, 0.6) is 17.2 Å². The fourth-order valence-electron chi connectivity index (χ4n) is 1.76. The summed E-state index contributed by atoms with van der Waals surface area (Å²) in [4.78, 5) is 11.3. The monoisotopic (exact) mass is 271 g/mol. The minimum Gasteiger partial charge on any atom is -0.494 e. The zero-order chi connectivity index (χ0) is 14.5. The molecule has 0 saturated heterocycles. The van der Waals surface area contributed by atoms with E-state index in [0.29, 0.717) is 29.4 Å². The minimum absolute atomic E-state index is 0.0238. The molecule has 0 aromatic heterocycles. The second-order valence-corrected chi connectivity index (χ2v) is 4.32. The number of ether oxygens (including phenoxy) is 2. The summed E-state index contributed by atoms with van der Waals surface area (Å²) >= 11 is 0. The number of nitrogens with two attached hydrogens (primary N) is 1. The highest BCUT2D eigenvalue weighted by atomic mass is 16.5. The number of hydrogen-bond acceptors (Lipinski definition) is 4. The van der Waals surface area contributed by atoms with Gasteiger partial charge in [-0.3, -0.25) is 4.79 Å². The van der Waals surface area contributed by atoms with Crippen LogP contribution < -0.4 is 15.2 Å². The Labute approximate surface area is 118 Å². The van der Waals surface area contributed by atoms with E-state index >= 15 is 0 Å². The fraction of sp³-hybridized carbons (Fsp3) is 0.188. The molecule has 0 fully saturated rings. The van der Waals surface area contributed by atoms with Crippen LogP contribution in [0.1, 0.15) is 24.2 Å². The van der Waals surface area contributed by atoms with Crippen LogP contribution in [0.2, 0.25) is 0 Å². The number of carbonyl (C=O) groups is 1. The average Bonchev–Trinajstić information content (AvgIpc) is 2.43. The molecule has 2 N–H and O–H groups in total. The van der Waals surface area contributed by atoms with Crippen molar-refractivity contribution in [3.05, 3.63) is 48.0 Å². The van der Waals surface area contributed by atoms with E-state index < -0.39 is 0 Å². The van der Waals surface area contributed by atoms with Gasteiger partial charge in [0.2, 0.25) is 0 Å². The summed E-state index contributed by atoms with van der Waals surface area (Å²) in [5.41, 5.74) is 6.89. The zero-order valence-electron chi connectivity index (χ0n) is 11.6. The summed E-state index contributed by atoms with van der Waals surface area (Å²) in [7, 11) is 0. The lowest BCUT2D eigenvalue weighted by Crippen LogP contribution is -1.97. The van der Waals surface area contributed by atoms with Crippen molar-refractivity contribution in [3.8, 4) is 17.2 Å². The Morgan fingerprint density at radius 2 is 1.75 bits per heavy atom. The van der Waals surface area contributed by atoms with Crippen LogP contribution >= 0.6 is 0 Å². The highest BCUT2D eigenvalue weighted by molar-refractivity contribution is 5.95. The lowest BCUT2D eigenvalue weighted by atomic mass is 10.1. The van der Waals surface area contributed by atoms with Crippen LogP contribution in [0.25, 0.3) is 0 Å². The van der Waals surface area contributed by atoms with E-state index in [9.17, 15) is 4.79 Å². The van der Waals surface area contributed by atoms with Gasteiger partial charge in [0.1, 0.15) is 17.2 Å². The van der Waals surface area contributed by atoms with Crippen LogP contribution in [0.15, 0.2) is 42.5 Å². The molecule has 20 heavy (non-hydrogen) atoms. The van der Waals surface area contributed by atoms with Crippen LogP contribution in [0.3, 0.4) is 0 Å². The highest BCUT2D eigenvalue weighted by Crippen LogP contribution is 2.29. The number of anilines is 1. The lowest BCUT2D eigenvalue weighted by Gasteiger charge is -2.10. The van der Waals surface area contributed by atoms with Crippen LogP contribution in [0, 0.1) is 0 Å². The molecule has 104 valence electrons. The molecular weight excluding hydrogens is 254 g/mol. The quantitative estimate of drug-likeness (QED) is 0.666. The normalized spacial score (nSPS) is 10.1. The topological polar surface area (TPSA) is 61.5 Å². The Morgan fingerprint density at radius 1 is 1.10 bits per heavy atom. The van der Waals surface area contributed by atoms with Gasteiger partial charge in [-0.05, 0) is 56.3 Å². The summed E-state index contributed by atoms with van der Waals surface area (Å²) in [5, 5.41) is 0. The fourth-order valence-corrected chi connectivity index (χ4v) is 1.76. The second-order valence-electron chi connectivity index (χ2n) is 4.32. The van der Waals surface area contributed by atoms with Crippen LogP contribution in [-0.2, 0) is 0 Å². The first-order chi connectivity index (χ1) is 9.60. The molecule has 0 aliphatic carbocycles. The Kier molecular flexibility index (Phi) is 4.25. The van der Waals surface area contributed by atoms with Crippen molar-refractivity contribution in [3.63, 3.8) is 0 Å². The van der Waals surface area contributed by atoms with Crippen molar-refractivity contribution in [2.24, 2.45) is 0 Å². The van der Waals surface area contributed by atoms with Gasteiger partial charge in [-0.1, -0.05) is 0 Å². The molecule has 2 aromatic carbocycles. The van der Waals surface area contributed by atoms with Gasteiger partial charge in [-0.25, -0.2) is 0 Å². The molecule has 0 radical (unpaired) electrons. The van der Waals surface area contributed by atoms with Gasteiger partial charge >= 0.3 is 0 Å². The summed E-state index contributed by atoms with van der Waals surface area (Å²) in [6.45, 7) is 4.06. The first-order valence-corrected chi connectivity index (χ1v) is 6.41. The van der Waals surface area contributed by atoms with Crippen LogP contribution in [-0.4, -0.2) is 12.4 Å². The molecule has 0 atom stereocenters. The predicted molar refractivity (Wildman–Crippen MR) is 78.5 cm³/mol. The summed E-state index contributed by atoms with van der Waals surface area (Å²) in [6, 6.07) is 12.3. The number of benzene rings is 2. The molecular formula is C16H17NO3. The third-order valence-electron chi connectivity index (χ3n) is 2.78. The molecule has 2 aromatic rings. The molecule has 0 heterocycles. The number of ketones is 1. The zero-order valence-corrected chi connectivity index (χ0v) is 11.6. The van der Waals surface area contributed by atoms with Gasteiger partial charge in [-0.2, -0.15) is 0 Å². The van der Waals surface area contributed by atoms with Crippen molar-refractivity contribution in [2.45, 2.75) is 13.8 Å². The third-order valence-corrected chi connectivity index (χ3v) is 2.78. The molecule has 4 nitrogen and oxygen atoms in total. The van der Waals surface area contributed by atoms with E-state index in [1.165, 1.54) is 6.92 Å². The molecule has 0 aliphatic heterocycles. The third kappa shape index (κ3) is 3.29. The number of Topliss-reactive ketones (excluding diaryl/α,β-unsaturated/α-hetero) is 1. The maximum Gasteiger partial charge on any atom is 0.159 e. The van der Waals surface area contributed by atoms with E-state index in [2.05, 4.69) is 0 Å². The van der Waals surface area contributed by atoms with Gasteiger partial charge in [0.05, 0.1) is 12.3 Å². The molecule has 0 unspecified atom stereocenters. The number of carbonyl (C=O) groups excluding carboxylic acids is 1. The molecule has 0 saturated carbocycles. The minimum atomic E-state index is -0.0238. The molecule has 4 heteroatoms. The molecule has 0 spiro atoms. The van der Waals surface area contributed by atoms with Gasteiger partial charge in [-0.15, -0.1) is 0 Å². The second kappa shape index (κ2) is 6.10. The highest BCUT2D eigenvalue weighted by Gasteiger charge is 2.06. The number of hydrogen-bond donors (Lipinski definition) is 1. The van der Waals surface area contributed by atoms with E-state index in [4.69, 9.17) is 15.2 Å². The summed E-state index contributed by atoms with van der Waals surface area (Å²) in [6.07, 6.45) is 0. The SMILES string of the molecule is CCOc1ccc(Oc2ccc(C(C)=O)cc2N)cc1.